The zero-order chi connectivity index (χ0) is 15.5. The van der Waals surface area contributed by atoms with Crippen LogP contribution in [0.25, 0.3) is 0 Å². The predicted octanol–water partition coefficient (Wildman–Crippen LogP) is 4.39. The van der Waals surface area contributed by atoms with Crippen LogP contribution in [-0.2, 0) is 9.53 Å². The van der Waals surface area contributed by atoms with Gasteiger partial charge in [0.15, 0.2) is 0 Å². The van der Waals surface area contributed by atoms with Crippen LogP contribution < -0.4 is 0 Å². The van der Waals surface area contributed by atoms with E-state index in [1.807, 2.05) is 13.8 Å². The number of hydrogen-bond acceptors (Lipinski definition) is 3. The third-order valence-corrected chi connectivity index (χ3v) is 6.71. The van der Waals surface area contributed by atoms with Gasteiger partial charge in [0.1, 0.15) is 9.53 Å². The van der Waals surface area contributed by atoms with Crippen molar-refractivity contribution in [2.24, 2.45) is 5.92 Å². The van der Waals surface area contributed by atoms with E-state index in [-0.39, 0.29) is 12.1 Å². The minimum atomic E-state index is -0.430. The van der Waals surface area contributed by atoms with E-state index < -0.39 is 9.02 Å². The highest BCUT2D eigenvalue weighted by Gasteiger charge is 2.40. The van der Waals surface area contributed by atoms with E-state index in [4.69, 9.17) is 4.74 Å². The Morgan fingerprint density at radius 2 is 1.90 bits per heavy atom. The zero-order valence-electron chi connectivity index (χ0n) is 13.4. The molecule has 0 aliphatic heterocycles. The Kier molecular flexibility index (Phi) is 5.97. The van der Waals surface area contributed by atoms with E-state index in [9.17, 15) is 9.90 Å². The minimum absolute atomic E-state index is 0.0492. The van der Waals surface area contributed by atoms with E-state index in [2.05, 4.69) is 22.6 Å². The number of ether oxygens (including phenoxy) is 1. The lowest BCUT2D eigenvalue weighted by Crippen LogP contribution is -2.35. The smallest absolute Gasteiger partial charge is 0.322 e. The van der Waals surface area contributed by atoms with Gasteiger partial charge < -0.3 is 9.84 Å². The van der Waals surface area contributed by atoms with Crippen LogP contribution in [0.1, 0.15) is 78.1 Å². The molecule has 0 aromatic rings. The molecule has 3 nitrogen and oxygen atoms in total. The average molecular weight is 408 g/mol. The quantitative estimate of drug-likeness (QED) is 0.325. The van der Waals surface area contributed by atoms with Crippen molar-refractivity contribution in [1.82, 2.24) is 0 Å². The molecule has 122 valence electrons. The molecule has 2 unspecified atom stereocenters. The second-order valence-corrected chi connectivity index (χ2v) is 9.48. The molecule has 0 saturated heterocycles. The molecule has 0 bridgehead atoms. The van der Waals surface area contributed by atoms with Gasteiger partial charge in [-0.15, -0.1) is 0 Å². The van der Waals surface area contributed by atoms with Gasteiger partial charge in [0, 0.05) is 0 Å². The Morgan fingerprint density at radius 1 is 1.24 bits per heavy atom. The molecule has 1 N–H and O–H groups in total. The predicted molar refractivity (Wildman–Crippen MR) is 92.6 cm³/mol. The monoisotopic (exact) mass is 408 g/mol. The highest BCUT2D eigenvalue weighted by Crippen LogP contribution is 2.42. The van der Waals surface area contributed by atoms with Crippen molar-refractivity contribution in [1.29, 1.82) is 0 Å². The van der Waals surface area contributed by atoms with Gasteiger partial charge in [-0.25, -0.2) is 0 Å². The van der Waals surface area contributed by atoms with Gasteiger partial charge in [-0.2, -0.15) is 0 Å². The fraction of sp³-hybridized carbons (Fsp3) is 0.941. The molecule has 2 aliphatic carbocycles. The summed E-state index contributed by atoms with van der Waals surface area (Å²) in [5.41, 5.74) is -0.430. The van der Waals surface area contributed by atoms with Crippen LogP contribution in [0.4, 0.5) is 0 Å². The van der Waals surface area contributed by atoms with Crippen LogP contribution in [0.5, 0.6) is 0 Å². The first kappa shape index (κ1) is 17.5. The summed E-state index contributed by atoms with van der Waals surface area (Å²) in [6.07, 6.45) is 10.1. The molecule has 2 fully saturated rings. The van der Waals surface area contributed by atoms with E-state index in [1.54, 1.807) is 0 Å². The molecule has 0 amide bonds. The van der Waals surface area contributed by atoms with Gasteiger partial charge in [0.2, 0.25) is 0 Å². The molecule has 0 spiro atoms. The maximum atomic E-state index is 12.2. The Hall–Kier alpha value is 0.160. The highest BCUT2D eigenvalue weighted by atomic mass is 127. The molecular weight excluding hydrogens is 379 g/mol. The number of rotatable bonds is 4. The van der Waals surface area contributed by atoms with Crippen LogP contribution in [0, 0.1) is 5.92 Å². The third kappa shape index (κ3) is 4.34. The first-order valence-corrected chi connectivity index (χ1v) is 9.57. The van der Waals surface area contributed by atoms with E-state index >= 15 is 0 Å². The molecule has 0 aromatic heterocycles. The lowest BCUT2D eigenvalue weighted by atomic mass is 9.81. The standard InChI is InChI=1S/C17H29IO3/c1-3-16(2,18)15(19)21-14-8-6-7-13(9-10-14)17(20)11-4-5-12-17/h13-14,20H,3-12H2,1-2H3/t13?,14?,16-/m0/s1. The van der Waals surface area contributed by atoms with Crippen LogP contribution in [0.2, 0.25) is 0 Å². The summed E-state index contributed by atoms with van der Waals surface area (Å²) in [6, 6.07) is 0. The Bertz CT molecular complexity index is 361. The fourth-order valence-corrected chi connectivity index (χ4v) is 3.86. The first-order chi connectivity index (χ1) is 9.87. The van der Waals surface area contributed by atoms with E-state index in [1.165, 1.54) is 0 Å². The third-order valence-electron chi connectivity index (χ3n) is 5.51. The summed E-state index contributed by atoms with van der Waals surface area (Å²) in [6.45, 7) is 3.96. The Balaban J connectivity index is 1.88. The number of hydrogen-bond donors (Lipinski definition) is 1. The number of halogens is 1. The van der Waals surface area contributed by atoms with E-state index in [0.717, 1.165) is 64.2 Å². The van der Waals surface area contributed by atoms with Crippen molar-refractivity contribution in [3.63, 3.8) is 0 Å². The molecule has 0 aromatic carbocycles. The summed E-state index contributed by atoms with van der Waals surface area (Å²) in [5.74, 6) is 0.328. The van der Waals surface area contributed by atoms with Gasteiger partial charge in [-0.1, -0.05) is 42.4 Å². The van der Waals surface area contributed by atoms with Gasteiger partial charge in [0.25, 0.3) is 0 Å². The molecule has 3 atom stereocenters. The maximum absolute atomic E-state index is 12.2. The summed E-state index contributed by atoms with van der Waals surface area (Å²) in [7, 11) is 0. The number of alkyl halides is 1. The van der Waals surface area contributed by atoms with Crippen molar-refractivity contribution >= 4 is 28.6 Å². The summed E-state index contributed by atoms with van der Waals surface area (Å²) in [5, 5.41) is 10.8. The van der Waals surface area contributed by atoms with Crippen LogP contribution >= 0.6 is 22.6 Å². The van der Waals surface area contributed by atoms with Crippen LogP contribution in [-0.4, -0.2) is 26.2 Å². The van der Waals surface area contributed by atoms with Crippen molar-refractivity contribution in [2.45, 2.75) is 93.2 Å². The lowest BCUT2D eigenvalue weighted by Gasteiger charge is -2.32. The maximum Gasteiger partial charge on any atom is 0.322 e. The molecule has 2 aliphatic rings. The molecule has 0 radical (unpaired) electrons. The normalized spacial score (nSPS) is 32.2. The molecule has 0 heterocycles. The summed E-state index contributed by atoms with van der Waals surface area (Å²) in [4.78, 5) is 12.2. The number of carbonyl (C=O) groups excluding carboxylic acids is 1. The number of aliphatic hydroxyl groups is 1. The molecular formula is C17H29IO3. The average Bonchev–Trinajstić information content (AvgIpc) is 2.75. The van der Waals surface area contributed by atoms with Gasteiger partial charge in [-0.3, -0.25) is 4.79 Å². The summed E-state index contributed by atoms with van der Waals surface area (Å²) >= 11 is 2.19. The molecule has 21 heavy (non-hydrogen) atoms. The zero-order valence-corrected chi connectivity index (χ0v) is 15.5. The SMILES string of the molecule is CC[C@](C)(I)C(=O)OC1CCCC(C2(O)CCCC2)CC1. The first-order valence-electron chi connectivity index (χ1n) is 8.50. The Morgan fingerprint density at radius 3 is 2.52 bits per heavy atom. The van der Waals surface area contributed by atoms with Crippen molar-refractivity contribution in [2.75, 3.05) is 0 Å². The minimum Gasteiger partial charge on any atom is -0.461 e. The van der Waals surface area contributed by atoms with Crippen molar-refractivity contribution in [3.8, 4) is 0 Å². The number of carbonyl (C=O) groups is 1. The summed E-state index contributed by atoms with van der Waals surface area (Å²) < 4.78 is 5.33. The van der Waals surface area contributed by atoms with Gasteiger partial charge in [-0.05, 0) is 64.2 Å². The van der Waals surface area contributed by atoms with Crippen molar-refractivity contribution < 1.29 is 14.6 Å². The van der Waals surface area contributed by atoms with Gasteiger partial charge >= 0.3 is 5.97 Å². The lowest BCUT2D eigenvalue weighted by molar-refractivity contribution is -0.151. The van der Waals surface area contributed by atoms with Crippen LogP contribution in [0.3, 0.4) is 0 Å². The largest absolute Gasteiger partial charge is 0.461 e. The van der Waals surface area contributed by atoms with Crippen LogP contribution in [0.15, 0.2) is 0 Å². The fourth-order valence-electron chi connectivity index (χ4n) is 3.74. The Labute approximate surface area is 142 Å². The highest BCUT2D eigenvalue weighted by molar-refractivity contribution is 14.1. The molecule has 2 saturated carbocycles. The second kappa shape index (κ2) is 7.16. The topological polar surface area (TPSA) is 46.5 Å². The van der Waals surface area contributed by atoms with E-state index in [0.29, 0.717) is 5.92 Å². The van der Waals surface area contributed by atoms with Crippen molar-refractivity contribution in [3.05, 3.63) is 0 Å². The second-order valence-electron chi connectivity index (χ2n) is 7.09. The molecule has 4 heteroatoms. The van der Waals surface area contributed by atoms with Gasteiger partial charge in [0.05, 0.1) is 5.60 Å². The molecule has 2 rings (SSSR count). The number of esters is 1.